The van der Waals surface area contributed by atoms with Gasteiger partial charge in [0.15, 0.2) is 5.82 Å². The molecule has 0 radical (unpaired) electrons. The number of aliphatic carboxylic acids is 1. The molecule has 1 N–H and O–H groups in total. The third-order valence-electron chi connectivity index (χ3n) is 2.86. The lowest BCUT2D eigenvalue weighted by molar-refractivity contribution is -0.142. The molecule has 1 aromatic rings. The molecule has 0 amide bonds. The van der Waals surface area contributed by atoms with E-state index in [0.717, 1.165) is 12.8 Å². The molecule has 0 saturated heterocycles. The third-order valence-corrected chi connectivity index (χ3v) is 2.86. The molecule has 110 valence electrons. The molecule has 1 atom stereocenters. The van der Waals surface area contributed by atoms with Gasteiger partial charge in [-0.3, -0.25) is 9.69 Å². The summed E-state index contributed by atoms with van der Waals surface area (Å²) in [4.78, 5) is 16.7. The number of carboxylic acids is 1. The first kappa shape index (κ1) is 17.9. The first-order chi connectivity index (χ1) is 8.40. The minimum atomic E-state index is -0.864. The van der Waals surface area contributed by atoms with Crippen molar-refractivity contribution in [2.75, 3.05) is 7.05 Å². The number of nitrogens with zero attached hydrogens (tertiary/aromatic N) is 3. The molecule has 0 aliphatic heterocycles. The summed E-state index contributed by atoms with van der Waals surface area (Å²) in [6.45, 7) is 6.26. The highest BCUT2D eigenvalue weighted by molar-refractivity contribution is 5.85. The summed E-state index contributed by atoms with van der Waals surface area (Å²) < 4.78 is 5.10. The van der Waals surface area contributed by atoms with Crippen molar-refractivity contribution in [3.05, 3.63) is 11.7 Å². The molecule has 7 heteroatoms. The van der Waals surface area contributed by atoms with E-state index in [1.54, 1.807) is 18.9 Å². The van der Waals surface area contributed by atoms with Crippen molar-refractivity contribution in [3.8, 4) is 0 Å². The van der Waals surface area contributed by atoms with E-state index in [1.165, 1.54) is 0 Å². The first-order valence-electron chi connectivity index (χ1n) is 6.14. The van der Waals surface area contributed by atoms with Crippen molar-refractivity contribution in [2.24, 2.45) is 5.92 Å². The lowest BCUT2D eigenvalue weighted by atomic mass is 10.1. The second-order valence-electron chi connectivity index (χ2n) is 4.97. The summed E-state index contributed by atoms with van der Waals surface area (Å²) in [5.74, 6) is 0.887. The van der Waals surface area contributed by atoms with Crippen molar-refractivity contribution < 1.29 is 14.4 Å². The van der Waals surface area contributed by atoms with Crippen LogP contribution in [0.1, 0.15) is 38.9 Å². The molecule has 1 rings (SSSR count). The molecule has 6 nitrogen and oxygen atoms in total. The van der Waals surface area contributed by atoms with Crippen molar-refractivity contribution in [1.29, 1.82) is 0 Å². The number of halogens is 1. The van der Waals surface area contributed by atoms with Crippen molar-refractivity contribution >= 4 is 18.4 Å². The summed E-state index contributed by atoms with van der Waals surface area (Å²) >= 11 is 0. The van der Waals surface area contributed by atoms with Gasteiger partial charge in [-0.2, -0.15) is 4.98 Å². The van der Waals surface area contributed by atoms with Crippen LogP contribution in [0.4, 0.5) is 0 Å². The zero-order valence-corrected chi connectivity index (χ0v) is 12.6. The summed E-state index contributed by atoms with van der Waals surface area (Å²) in [6, 6.07) is -0.573. The first-order valence-corrected chi connectivity index (χ1v) is 6.14. The van der Waals surface area contributed by atoms with Gasteiger partial charge in [-0.25, -0.2) is 0 Å². The van der Waals surface area contributed by atoms with Gasteiger partial charge in [0.25, 0.3) is 0 Å². The molecule has 0 aromatic carbocycles. The fourth-order valence-electron chi connectivity index (χ4n) is 1.41. The van der Waals surface area contributed by atoms with Crippen LogP contribution in [0.15, 0.2) is 4.52 Å². The van der Waals surface area contributed by atoms with Gasteiger partial charge in [0.1, 0.15) is 6.04 Å². The van der Waals surface area contributed by atoms with Gasteiger partial charge >= 0.3 is 5.97 Å². The predicted molar refractivity (Wildman–Crippen MR) is 73.3 cm³/mol. The molecular formula is C12H22ClN3O3. The van der Waals surface area contributed by atoms with E-state index in [-0.39, 0.29) is 12.4 Å². The van der Waals surface area contributed by atoms with Gasteiger partial charge < -0.3 is 9.63 Å². The summed E-state index contributed by atoms with van der Waals surface area (Å²) in [5.41, 5.74) is 0. The van der Waals surface area contributed by atoms with E-state index in [9.17, 15) is 4.79 Å². The summed E-state index contributed by atoms with van der Waals surface area (Å²) in [6.07, 6.45) is 1.81. The highest BCUT2D eigenvalue weighted by Gasteiger charge is 2.19. The second kappa shape index (κ2) is 8.12. The fraction of sp³-hybridized carbons (Fsp3) is 0.750. The monoisotopic (exact) mass is 291 g/mol. The average molecular weight is 292 g/mol. The zero-order chi connectivity index (χ0) is 13.7. The number of aromatic nitrogens is 2. The van der Waals surface area contributed by atoms with E-state index in [0.29, 0.717) is 24.2 Å². The minimum absolute atomic E-state index is 0. The van der Waals surface area contributed by atoms with Crippen LogP contribution in [0.2, 0.25) is 0 Å². The van der Waals surface area contributed by atoms with Gasteiger partial charge in [-0.1, -0.05) is 19.0 Å². The largest absolute Gasteiger partial charge is 0.480 e. The van der Waals surface area contributed by atoms with Crippen LogP contribution in [0, 0.1) is 5.92 Å². The smallest absolute Gasteiger partial charge is 0.320 e. The van der Waals surface area contributed by atoms with Crippen LogP contribution in [-0.4, -0.2) is 39.2 Å². The Balaban J connectivity index is 0.00000324. The summed E-state index contributed by atoms with van der Waals surface area (Å²) in [5, 5.41) is 12.8. The Morgan fingerprint density at radius 3 is 2.58 bits per heavy atom. The fourth-order valence-corrected chi connectivity index (χ4v) is 1.41. The van der Waals surface area contributed by atoms with E-state index >= 15 is 0 Å². The Morgan fingerprint density at radius 1 is 1.42 bits per heavy atom. The molecule has 1 heterocycles. The number of carbonyl (C=O) groups is 1. The van der Waals surface area contributed by atoms with Gasteiger partial charge in [0.2, 0.25) is 5.89 Å². The van der Waals surface area contributed by atoms with Gasteiger partial charge in [0, 0.05) is 6.42 Å². The lowest BCUT2D eigenvalue weighted by Gasteiger charge is -2.18. The zero-order valence-electron chi connectivity index (χ0n) is 11.8. The van der Waals surface area contributed by atoms with Crippen molar-refractivity contribution in [2.45, 2.75) is 46.2 Å². The molecule has 19 heavy (non-hydrogen) atoms. The highest BCUT2D eigenvalue weighted by atomic mass is 35.5. The Morgan fingerprint density at radius 2 is 2.05 bits per heavy atom. The highest BCUT2D eigenvalue weighted by Crippen LogP contribution is 2.08. The Labute approximate surface area is 119 Å². The number of aryl methyl sites for hydroxylation is 1. The SMILES string of the molecule is CC(C)CCc1noc(CN(C)C(C)C(=O)O)n1.Cl. The van der Waals surface area contributed by atoms with Crippen LogP contribution < -0.4 is 0 Å². The number of rotatable bonds is 7. The second-order valence-corrected chi connectivity index (χ2v) is 4.97. The maximum atomic E-state index is 10.8. The number of hydrogen-bond acceptors (Lipinski definition) is 5. The summed E-state index contributed by atoms with van der Waals surface area (Å²) in [7, 11) is 1.72. The van der Waals surface area contributed by atoms with E-state index < -0.39 is 12.0 Å². The molecule has 0 spiro atoms. The number of likely N-dealkylation sites (N-methyl/N-ethyl adjacent to an activating group) is 1. The minimum Gasteiger partial charge on any atom is -0.480 e. The molecule has 0 fully saturated rings. The standard InChI is InChI=1S/C12H21N3O3.ClH/c1-8(2)5-6-10-13-11(18-14-10)7-15(4)9(3)12(16)17;/h8-9H,5-7H2,1-4H3,(H,16,17);1H. The van der Waals surface area contributed by atoms with Crippen molar-refractivity contribution in [3.63, 3.8) is 0 Å². The van der Waals surface area contributed by atoms with Crippen LogP contribution in [0.3, 0.4) is 0 Å². The molecule has 1 aromatic heterocycles. The van der Waals surface area contributed by atoms with E-state index in [4.69, 9.17) is 9.63 Å². The Bertz CT molecular complexity index is 395. The maximum Gasteiger partial charge on any atom is 0.320 e. The number of carboxylic acid groups (broad SMARTS) is 1. The lowest BCUT2D eigenvalue weighted by Crippen LogP contribution is -2.35. The van der Waals surface area contributed by atoms with Crippen LogP contribution in [0.5, 0.6) is 0 Å². The molecule has 0 aliphatic carbocycles. The van der Waals surface area contributed by atoms with Gasteiger partial charge in [-0.15, -0.1) is 12.4 Å². The molecule has 0 saturated carbocycles. The number of hydrogen-bond donors (Lipinski definition) is 1. The van der Waals surface area contributed by atoms with Crippen LogP contribution in [-0.2, 0) is 17.8 Å². The molecular weight excluding hydrogens is 270 g/mol. The average Bonchev–Trinajstić information content (AvgIpc) is 2.72. The molecule has 1 unspecified atom stereocenters. The van der Waals surface area contributed by atoms with Crippen LogP contribution in [0.25, 0.3) is 0 Å². The van der Waals surface area contributed by atoms with E-state index in [2.05, 4.69) is 24.0 Å². The predicted octanol–water partition coefficient (Wildman–Crippen LogP) is 1.98. The Kier molecular flexibility index (Phi) is 7.63. The van der Waals surface area contributed by atoms with Gasteiger partial charge in [0.05, 0.1) is 6.54 Å². The molecule has 0 aliphatic rings. The third kappa shape index (κ3) is 6.02. The van der Waals surface area contributed by atoms with E-state index in [1.807, 2.05) is 0 Å². The quantitative estimate of drug-likeness (QED) is 0.827. The van der Waals surface area contributed by atoms with Gasteiger partial charge in [-0.05, 0) is 26.3 Å². The van der Waals surface area contributed by atoms with Crippen molar-refractivity contribution in [1.82, 2.24) is 15.0 Å². The maximum absolute atomic E-state index is 10.8. The molecule has 0 bridgehead atoms. The topological polar surface area (TPSA) is 79.5 Å². The van der Waals surface area contributed by atoms with Crippen LogP contribution >= 0.6 is 12.4 Å². The Hall–Kier alpha value is -1.14. The normalized spacial score (nSPS) is 12.5.